The molecule has 2 aliphatic carbocycles. The summed E-state index contributed by atoms with van der Waals surface area (Å²) in [7, 11) is 0. The summed E-state index contributed by atoms with van der Waals surface area (Å²) in [6, 6.07) is 0. The van der Waals surface area contributed by atoms with Gasteiger partial charge in [-0.1, -0.05) is 83.1 Å². The summed E-state index contributed by atoms with van der Waals surface area (Å²) in [4.78, 5) is 29.8. The molecule has 6 heteroatoms. The lowest BCUT2D eigenvalue weighted by Gasteiger charge is -2.27. The van der Waals surface area contributed by atoms with E-state index in [2.05, 4.69) is 83.1 Å². The molecule has 2 aliphatic rings. The first-order chi connectivity index (χ1) is 15.1. The molecule has 0 aromatic carbocycles. The third kappa shape index (κ3) is 9.48. The highest BCUT2D eigenvalue weighted by molar-refractivity contribution is 8.07. The van der Waals surface area contributed by atoms with Crippen molar-refractivity contribution in [2.24, 2.45) is 0 Å². The minimum Gasteiger partial charge on any atom is -0.287 e. The predicted octanol–water partition coefficient (Wildman–Crippen LogP) is 9.11. The van der Waals surface area contributed by atoms with E-state index < -0.39 is 0 Å². The van der Waals surface area contributed by atoms with E-state index in [9.17, 15) is 9.59 Å². The first-order valence-corrected chi connectivity index (χ1v) is 14.9. The van der Waals surface area contributed by atoms with E-state index in [1.807, 2.05) is 24.3 Å². The summed E-state index contributed by atoms with van der Waals surface area (Å²) in [5, 5.41) is 0. The van der Waals surface area contributed by atoms with Crippen molar-refractivity contribution in [2.45, 2.75) is 102 Å². The summed E-state index contributed by atoms with van der Waals surface area (Å²) in [6.45, 7) is 25.5. The summed E-state index contributed by atoms with van der Waals surface area (Å²) in [6.07, 6.45) is 8.06. The number of carbonyl (C=O) groups is 2. The van der Waals surface area contributed by atoms with Crippen LogP contribution in [0.25, 0.3) is 0 Å². The number of rotatable bonds is 4. The fourth-order valence-corrected chi connectivity index (χ4v) is 7.43. The van der Waals surface area contributed by atoms with Crippen molar-refractivity contribution in [3.63, 3.8) is 0 Å². The van der Waals surface area contributed by atoms with Crippen LogP contribution in [0.1, 0.15) is 83.1 Å². The predicted molar refractivity (Wildman–Crippen MR) is 159 cm³/mol. The van der Waals surface area contributed by atoms with E-state index >= 15 is 0 Å². The first-order valence-electron chi connectivity index (χ1n) is 11.6. The van der Waals surface area contributed by atoms with Crippen LogP contribution in [0.4, 0.5) is 0 Å². The Balaban J connectivity index is 2.74. The van der Waals surface area contributed by atoms with Crippen LogP contribution in [-0.2, 0) is 9.59 Å². The number of ketones is 2. The van der Waals surface area contributed by atoms with Crippen molar-refractivity contribution in [2.75, 3.05) is 0 Å². The van der Waals surface area contributed by atoms with Gasteiger partial charge in [0.15, 0.2) is 0 Å². The maximum absolute atomic E-state index is 13.4. The Bertz CT molecular complexity index is 851. The van der Waals surface area contributed by atoms with Gasteiger partial charge in [-0.05, 0) is 35.5 Å². The second kappa shape index (κ2) is 10.4. The fraction of sp³-hybridized carbons (Fsp3) is 0.571. The van der Waals surface area contributed by atoms with Crippen LogP contribution in [0.2, 0.25) is 0 Å². The fourth-order valence-electron chi connectivity index (χ4n) is 3.11. The number of thioether (sulfide) groups is 4. The highest BCUT2D eigenvalue weighted by atomic mass is 32.2. The van der Waals surface area contributed by atoms with Crippen LogP contribution in [-0.4, -0.2) is 30.6 Å². The summed E-state index contributed by atoms with van der Waals surface area (Å²) < 4.78 is -0.330. The van der Waals surface area contributed by atoms with Gasteiger partial charge in [-0.2, -0.15) is 0 Å². The van der Waals surface area contributed by atoms with Crippen LogP contribution < -0.4 is 0 Å². The van der Waals surface area contributed by atoms with Gasteiger partial charge in [-0.25, -0.2) is 0 Å². The normalized spacial score (nSPS) is 18.6. The largest absolute Gasteiger partial charge is 0.287 e. The number of Topliss-reactive ketones (excluding diaryl/α,β-unsaturated/α-hetero) is 2. The minimum absolute atomic E-state index is 0.0825. The third-order valence-electron chi connectivity index (χ3n) is 4.04. The molecule has 0 spiro atoms. The first kappa shape index (κ1) is 29.7. The summed E-state index contributed by atoms with van der Waals surface area (Å²) in [5.74, 6) is 0.190. The minimum atomic E-state index is -0.0825. The standard InChI is InChI=1S/C28H40O2S4/c1-25(2,3)31-19-13-17(14-20(23(19)29)32-26(4,5)6)18-15-21(33-27(7,8)9)24(30)22(16-18)34-28(10,11)12/h13-16H,1-12H3. The monoisotopic (exact) mass is 536 g/mol. The SMILES string of the molecule is CC(C)(C)SC1=CC(=C2C=C(SC(C)(C)C)C(=O)C(SC(C)(C)C)=C2)C=C(SC(C)(C)C)C1=O. The summed E-state index contributed by atoms with van der Waals surface area (Å²) in [5.41, 5.74) is 1.98. The summed E-state index contributed by atoms with van der Waals surface area (Å²) >= 11 is 6.44. The van der Waals surface area contributed by atoms with Gasteiger partial charge >= 0.3 is 0 Å². The molecule has 2 nitrogen and oxygen atoms in total. The smallest absolute Gasteiger partial charge is 0.205 e. The van der Waals surface area contributed by atoms with Gasteiger partial charge in [-0.15, -0.1) is 47.0 Å². The average Bonchev–Trinajstić information content (AvgIpc) is 2.56. The molecule has 0 aromatic heterocycles. The Hall–Kier alpha value is -0.560. The van der Waals surface area contributed by atoms with E-state index in [-0.39, 0.29) is 30.6 Å². The number of hydrogen-bond acceptors (Lipinski definition) is 6. The molecule has 34 heavy (non-hydrogen) atoms. The molecule has 188 valence electrons. The van der Waals surface area contributed by atoms with E-state index in [4.69, 9.17) is 0 Å². The molecule has 0 atom stereocenters. The van der Waals surface area contributed by atoms with Gasteiger partial charge in [0.05, 0.1) is 19.6 Å². The molecule has 0 fully saturated rings. The zero-order valence-corrected chi connectivity index (χ0v) is 26.0. The second-order valence-corrected chi connectivity index (χ2v) is 19.9. The molecule has 0 N–H and O–H groups in total. The average molecular weight is 537 g/mol. The maximum Gasteiger partial charge on any atom is 0.205 e. The van der Waals surface area contributed by atoms with Crippen molar-refractivity contribution in [1.82, 2.24) is 0 Å². The molecule has 0 aromatic rings. The van der Waals surface area contributed by atoms with Crippen LogP contribution in [0, 0.1) is 0 Å². The van der Waals surface area contributed by atoms with Crippen molar-refractivity contribution in [1.29, 1.82) is 0 Å². The van der Waals surface area contributed by atoms with Gasteiger partial charge in [-0.3, -0.25) is 9.59 Å². The van der Waals surface area contributed by atoms with E-state index in [0.29, 0.717) is 0 Å². The molecule has 0 aliphatic heterocycles. The molecule has 0 saturated heterocycles. The van der Waals surface area contributed by atoms with Gasteiger partial charge in [0.25, 0.3) is 0 Å². The molecule has 0 radical (unpaired) electrons. The Morgan fingerprint density at radius 1 is 0.412 bits per heavy atom. The quantitative estimate of drug-likeness (QED) is 0.356. The van der Waals surface area contributed by atoms with Gasteiger partial charge in [0.2, 0.25) is 11.6 Å². The number of allylic oxidation sites excluding steroid dienone is 10. The maximum atomic E-state index is 13.4. The van der Waals surface area contributed by atoms with Crippen molar-refractivity contribution in [3.8, 4) is 0 Å². The highest BCUT2D eigenvalue weighted by Gasteiger charge is 2.32. The van der Waals surface area contributed by atoms with Crippen LogP contribution >= 0.6 is 47.0 Å². The van der Waals surface area contributed by atoms with E-state index in [1.165, 1.54) is 0 Å². The molecule has 0 heterocycles. The van der Waals surface area contributed by atoms with Crippen LogP contribution in [0.15, 0.2) is 55.1 Å². The lowest BCUT2D eigenvalue weighted by atomic mass is 9.98. The molecule has 0 saturated carbocycles. The Morgan fingerprint density at radius 2 is 0.588 bits per heavy atom. The molecule has 0 amide bonds. The Kier molecular flexibility index (Phi) is 9.10. The van der Waals surface area contributed by atoms with Crippen molar-refractivity contribution in [3.05, 3.63) is 55.1 Å². The lowest BCUT2D eigenvalue weighted by molar-refractivity contribution is -0.111. The van der Waals surface area contributed by atoms with E-state index in [1.54, 1.807) is 47.0 Å². The van der Waals surface area contributed by atoms with Crippen molar-refractivity contribution < 1.29 is 9.59 Å². The molecule has 0 unspecified atom stereocenters. The van der Waals surface area contributed by atoms with Gasteiger partial charge in [0.1, 0.15) is 0 Å². The van der Waals surface area contributed by atoms with E-state index in [0.717, 1.165) is 30.8 Å². The molecule has 2 rings (SSSR count). The zero-order chi connectivity index (χ0) is 26.3. The van der Waals surface area contributed by atoms with Gasteiger partial charge < -0.3 is 0 Å². The Morgan fingerprint density at radius 3 is 0.735 bits per heavy atom. The highest BCUT2D eigenvalue weighted by Crippen LogP contribution is 2.45. The second-order valence-electron chi connectivity index (χ2n) is 12.5. The van der Waals surface area contributed by atoms with Crippen molar-refractivity contribution >= 4 is 58.6 Å². The topological polar surface area (TPSA) is 34.1 Å². The Labute approximate surface area is 224 Å². The third-order valence-corrected chi connectivity index (χ3v) is 8.58. The number of hydrogen-bond donors (Lipinski definition) is 0. The molecular weight excluding hydrogens is 497 g/mol. The lowest BCUT2D eigenvalue weighted by Crippen LogP contribution is -2.19. The van der Waals surface area contributed by atoms with Gasteiger partial charge in [0, 0.05) is 19.0 Å². The van der Waals surface area contributed by atoms with Crippen LogP contribution in [0.3, 0.4) is 0 Å². The number of carbonyl (C=O) groups excluding carboxylic acids is 2. The van der Waals surface area contributed by atoms with Crippen LogP contribution in [0.5, 0.6) is 0 Å². The zero-order valence-electron chi connectivity index (χ0n) is 22.8. The molecular formula is C28H40O2S4. The molecule has 0 bridgehead atoms.